The van der Waals surface area contributed by atoms with E-state index in [1.807, 2.05) is 24.3 Å². The standard InChI is InChI=1S/C21H30N6O/c1-3-22-20(27-13-12-21(15-27)10-4-5-11-21)23-14-18-24-19(26-25-18)16-6-8-17(28-2)9-7-16/h6-9H,3-5,10-15H2,1-2H3,(H,22,23)(H,24,25,26). The van der Waals surface area contributed by atoms with Gasteiger partial charge in [0.1, 0.15) is 18.1 Å². The van der Waals surface area contributed by atoms with E-state index in [1.54, 1.807) is 7.11 Å². The zero-order valence-electron chi connectivity index (χ0n) is 16.9. The number of aliphatic imine (C=N–C) groups is 1. The van der Waals surface area contributed by atoms with Crippen LogP contribution in [0.5, 0.6) is 5.75 Å². The molecule has 1 saturated carbocycles. The lowest BCUT2D eigenvalue weighted by Crippen LogP contribution is -2.41. The number of hydrogen-bond acceptors (Lipinski definition) is 4. The second kappa shape index (κ2) is 8.20. The highest BCUT2D eigenvalue weighted by Gasteiger charge is 2.41. The highest BCUT2D eigenvalue weighted by Crippen LogP contribution is 2.45. The van der Waals surface area contributed by atoms with Crippen LogP contribution in [-0.4, -0.2) is 52.8 Å². The molecule has 7 heteroatoms. The highest BCUT2D eigenvalue weighted by atomic mass is 16.5. The van der Waals surface area contributed by atoms with E-state index in [0.717, 1.165) is 42.7 Å². The lowest BCUT2D eigenvalue weighted by molar-refractivity contribution is 0.309. The van der Waals surface area contributed by atoms with Gasteiger partial charge in [-0.1, -0.05) is 12.8 Å². The Hall–Kier alpha value is -2.57. The average molecular weight is 383 g/mol. The van der Waals surface area contributed by atoms with Crippen LogP contribution in [0, 0.1) is 5.41 Å². The van der Waals surface area contributed by atoms with E-state index >= 15 is 0 Å². The van der Waals surface area contributed by atoms with Crippen molar-refractivity contribution in [1.82, 2.24) is 25.4 Å². The predicted molar refractivity (Wildman–Crippen MR) is 110 cm³/mol. The molecule has 1 aliphatic carbocycles. The van der Waals surface area contributed by atoms with Gasteiger partial charge in [-0.25, -0.2) is 9.98 Å². The van der Waals surface area contributed by atoms with Gasteiger partial charge in [0.25, 0.3) is 0 Å². The van der Waals surface area contributed by atoms with E-state index in [-0.39, 0.29) is 0 Å². The van der Waals surface area contributed by atoms with E-state index in [9.17, 15) is 0 Å². The molecule has 1 aromatic heterocycles. The van der Waals surface area contributed by atoms with Gasteiger partial charge in [-0.05, 0) is 55.9 Å². The maximum absolute atomic E-state index is 5.20. The fourth-order valence-electron chi connectivity index (χ4n) is 4.46. The Morgan fingerprint density at radius 3 is 2.75 bits per heavy atom. The van der Waals surface area contributed by atoms with Crippen LogP contribution in [-0.2, 0) is 6.54 Å². The minimum absolute atomic E-state index is 0.495. The Morgan fingerprint density at radius 1 is 1.25 bits per heavy atom. The number of methoxy groups -OCH3 is 1. The quantitative estimate of drug-likeness (QED) is 0.613. The van der Waals surface area contributed by atoms with Crippen molar-refractivity contribution in [3.8, 4) is 17.1 Å². The second-order valence-electron chi connectivity index (χ2n) is 7.88. The van der Waals surface area contributed by atoms with Crippen LogP contribution in [0.1, 0.15) is 44.9 Å². The van der Waals surface area contributed by atoms with E-state index in [0.29, 0.717) is 17.8 Å². The van der Waals surface area contributed by atoms with Gasteiger partial charge >= 0.3 is 0 Å². The third-order valence-electron chi connectivity index (χ3n) is 6.00. The SMILES string of the molecule is CCNC(=NCc1nc(-c2ccc(OC)cc2)n[nH]1)N1CCC2(CCCC2)C1. The van der Waals surface area contributed by atoms with E-state index in [1.165, 1.54) is 32.1 Å². The van der Waals surface area contributed by atoms with Crippen LogP contribution in [0.3, 0.4) is 0 Å². The number of guanidine groups is 1. The topological polar surface area (TPSA) is 78.4 Å². The summed E-state index contributed by atoms with van der Waals surface area (Å²) in [5, 5.41) is 10.8. The molecule has 7 nitrogen and oxygen atoms in total. The fraction of sp³-hybridized carbons (Fsp3) is 0.571. The summed E-state index contributed by atoms with van der Waals surface area (Å²) >= 11 is 0. The van der Waals surface area contributed by atoms with Crippen molar-refractivity contribution in [2.45, 2.75) is 45.6 Å². The molecule has 2 aromatic rings. The lowest BCUT2D eigenvalue weighted by atomic mass is 9.86. The van der Waals surface area contributed by atoms with Crippen molar-refractivity contribution in [1.29, 1.82) is 0 Å². The van der Waals surface area contributed by atoms with Gasteiger partial charge in [-0.2, -0.15) is 5.10 Å². The van der Waals surface area contributed by atoms with Crippen molar-refractivity contribution in [2.24, 2.45) is 10.4 Å². The van der Waals surface area contributed by atoms with E-state index in [4.69, 9.17) is 9.73 Å². The molecule has 0 bridgehead atoms. The lowest BCUT2D eigenvalue weighted by Gasteiger charge is -2.25. The molecule has 2 heterocycles. The largest absolute Gasteiger partial charge is 0.497 e. The smallest absolute Gasteiger partial charge is 0.194 e. The summed E-state index contributed by atoms with van der Waals surface area (Å²) in [5.41, 5.74) is 1.49. The van der Waals surface area contributed by atoms with Crippen LogP contribution in [0.2, 0.25) is 0 Å². The Balaban J connectivity index is 1.43. The van der Waals surface area contributed by atoms with E-state index < -0.39 is 0 Å². The van der Waals surface area contributed by atoms with Gasteiger partial charge in [0, 0.05) is 25.2 Å². The Labute approximate surface area is 166 Å². The molecule has 150 valence electrons. The molecule has 28 heavy (non-hydrogen) atoms. The molecule has 0 unspecified atom stereocenters. The van der Waals surface area contributed by atoms with E-state index in [2.05, 4.69) is 32.3 Å². The van der Waals surface area contributed by atoms with Gasteiger partial charge in [-0.15, -0.1) is 0 Å². The molecular weight excluding hydrogens is 352 g/mol. The summed E-state index contributed by atoms with van der Waals surface area (Å²) in [4.78, 5) is 11.9. The van der Waals surface area contributed by atoms with Crippen molar-refractivity contribution in [3.05, 3.63) is 30.1 Å². The highest BCUT2D eigenvalue weighted by molar-refractivity contribution is 5.80. The first-order chi connectivity index (χ1) is 13.7. The normalized spacial score (nSPS) is 18.8. The first-order valence-electron chi connectivity index (χ1n) is 10.3. The summed E-state index contributed by atoms with van der Waals surface area (Å²) < 4.78 is 5.20. The molecule has 2 fully saturated rings. The van der Waals surface area contributed by atoms with Gasteiger partial charge in [-0.3, -0.25) is 5.10 Å². The monoisotopic (exact) mass is 382 g/mol. The van der Waals surface area contributed by atoms with Crippen LogP contribution < -0.4 is 10.1 Å². The van der Waals surface area contributed by atoms with Crippen LogP contribution in [0.15, 0.2) is 29.3 Å². The van der Waals surface area contributed by atoms with Gasteiger partial charge < -0.3 is 15.0 Å². The number of nitrogens with one attached hydrogen (secondary N) is 2. The molecule has 0 amide bonds. The molecule has 2 aliphatic rings. The molecule has 1 aromatic carbocycles. The first-order valence-corrected chi connectivity index (χ1v) is 10.3. The molecule has 0 atom stereocenters. The number of aromatic amines is 1. The number of benzene rings is 1. The van der Waals surface area contributed by atoms with Crippen molar-refractivity contribution in [2.75, 3.05) is 26.7 Å². The molecule has 4 rings (SSSR count). The predicted octanol–water partition coefficient (Wildman–Crippen LogP) is 3.21. The minimum Gasteiger partial charge on any atom is -0.497 e. The third kappa shape index (κ3) is 3.98. The van der Waals surface area contributed by atoms with Crippen molar-refractivity contribution in [3.63, 3.8) is 0 Å². The number of nitrogens with zero attached hydrogens (tertiary/aromatic N) is 4. The number of H-pyrrole nitrogens is 1. The Bertz CT molecular complexity index is 807. The zero-order valence-corrected chi connectivity index (χ0v) is 16.9. The Morgan fingerprint density at radius 2 is 2.04 bits per heavy atom. The number of hydrogen-bond donors (Lipinski definition) is 2. The second-order valence-corrected chi connectivity index (χ2v) is 7.88. The number of likely N-dealkylation sites (tertiary alicyclic amines) is 1. The van der Waals surface area contributed by atoms with Crippen LogP contribution in [0.4, 0.5) is 0 Å². The summed E-state index contributed by atoms with van der Waals surface area (Å²) in [6, 6.07) is 7.76. The van der Waals surface area contributed by atoms with Gasteiger partial charge in [0.05, 0.1) is 7.11 Å². The van der Waals surface area contributed by atoms with Gasteiger partial charge in [0.15, 0.2) is 11.8 Å². The maximum Gasteiger partial charge on any atom is 0.194 e. The zero-order chi connectivity index (χ0) is 19.4. The first kappa shape index (κ1) is 18.8. The molecule has 2 N–H and O–H groups in total. The molecular formula is C21H30N6O. The molecule has 1 spiro atoms. The average Bonchev–Trinajstić information content (AvgIpc) is 3.48. The molecule has 1 saturated heterocycles. The molecule has 0 radical (unpaired) electrons. The van der Waals surface area contributed by atoms with Crippen molar-refractivity contribution >= 4 is 5.96 Å². The molecule has 1 aliphatic heterocycles. The Kier molecular flexibility index (Phi) is 5.50. The summed E-state index contributed by atoms with van der Waals surface area (Å²) in [5.74, 6) is 3.28. The maximum atomic E-state index is 5.20. The fourth-order valence-corrected chi connectivity index (χ4v) is 4.46. The van der Waals surface area contributed by atoms with Crippen LogP contribution in [0.25, 0.3) is 11.4 Å². The van der Waals surface area contributed by atoms with Crippen molar-refractivity contribution < 1.29 is 4.74 Å². The minimum atomic E-state index is 0.495. The summed E-state index contributed by atoms with van der Waals surface area (Å²) in [6.07, 6.45) is 6.80. The summed E-state index contributed by atoms with van der Waals surface area (Å²) in [7, 11) is 1.66. The third-order valence-corrected chi connectivity index (χ3v) is 6.00. The number of rotatable bonds is 5. The number of aromatic nitrogens is 3. The van der Waals surface area contributed by atoms with Gasteiger partial charge in [0.2, 0.25) is 0 Å². The summed E-state index contributed by atoms with van der Waals surface area (Å²) in [6.45, 7) is 5.71. The number of ether oxygens (including phenoxy) is 1. The van der Waals surface area contributed by atoms with Crippen LogP contribution >= 0.6 is 0 Å².